The van der Waals surface area contributed by atoms with Gasteiger partial charge in [-0.15, -0.1) is 11.3 Å². The summed E-state index contributed by atoms with van der Waals surface area (Å²) in [6, 6.07) is 10.9. The van der Waals surface area contributed by atoms with E-state index in [2.05, 4.69) is 5.32 Å². The molecule has 8 heteroatoms. The third kappa shape index (κ3) is 4.46. The molecule has 1 aromatic carbocycles. The van der Waals surface area contributed by atoms with E-state index in [1.54, 1.807) is 17.5 Å². The Labute approximate surface area is 163 Å². The average molecular weight is 413 g/mol. The lowest BCUT2D eigenvalue weighted by molar-refractivity contribution is -0.126. The van der Waals surface area contributed by atoms with E-state index >= 15 is 0 Å². The van der Waals surface area contributed by atoms with Crippen LogP contribution in [0.2, 0.25) is 5.02 Å². The molecule has 1 fully saturated rings. The molecule has 0 bridgehead atoms. The first kappa shape index (κ1) is 19.4. The first-order valence-electron chi connectivity index (χ1n) is 8.53. The zero-order valence-electron chi connectivity index (χ0n) is 14.2. The summed E-state index contributed by atoms with van der Waals surface area (Å²) in [6.07, 6.45) is 1.77. The summed E-state index contributed by atoms with van der Waals surface area (Å²) in [4.78, 5) is 12.3. The smallest absolute Gasteiger partial charge is 0.252 e. The third-order valence-electron chi connectivity index (χ3n) is 4.57. The molecule has 0 saturated carbocycles. The maximum absolute atomic E-state index is 12.5. The lowest BCUT2D eigenvalue weighted by Gasteiger charge is -2.30. The first-order chi connectivity index (χ1) is 12.5. The second-order valence-electron chi connectivity index (χ2n) is 6.24. The number of carbonyl (C=O) groups is 1. The Morgan fingerprint density at radius 1 is 1.19 bits per heavy atom. The molecule has 26 heavy (non-hydrogen) atoms. The number of thiophene rings is 1. The van der Waals surface area contributed by atoms with Crippen LogP contribution in [-0.2, 0) is 21.2 Å². The lowest BCUT2D eigenvalue weighted by atomic mass is 9.97. The Morgan fingerprint density at radius 2 is 1.92 bits per heavy atom. The van der Waals surface area contributed by atoms with Crippen LogP contribution in [-0.4, -0.2) is 38.3 Å². The topological polar surface area (TPSA) is 66.5 Å². The van der Waals surface area contributed by atoms with Gasteiger partial charge in [0.2, 0.25) is 5.91 Å². The van der Waals surface area contributed by atoms with E-state index in [4.69, 9.17) is 11.6 Å². The monoisotopic (exact) mass is 412 g/mol. The summed E-state index contributed by atoms with van der Waals surface area (Å²) in [5, 5.41) is 5.40. The second-order valence-corrected chi connectivity index (χ2v) is 9.76. The molecule has 1 aliphatic rings. The van der Waals surface area contributed by atoms with Crippen molar-refractivity contribution in [3.05, 3.63) is 52.4 Å². The van der Waals surface area contributed by atoms with Crippen molar-refractivity contribution in [3.8, 4) is 0 Å². The van der Waals surface area contributed by atoms with Crippen molar-refractivity contribution in [2.75, 3.05) is 19.6 Å². The van der Waals surface area contributed by atoms with Gasteiger partial charge in [0.1, 0.15) is 4.21 Å². The van der Waals surface area contributed by atoms with Crippen molar-refractivity contribution in [1.82, 2.24) is 9.62 Å². The van der Waals surface area contributed by atoms with E-state index in [9.17, 15) is 13.2 Å². The Kier molecular flexibility index (Phi) is 6.34. The molecule has 0 unspecified atom stereocenters. The molecule has 2 aromatic rings. The SMILES string of the molecule is O=C(NCCc1ccccc1Cl)C1CCN(S(=O)(=O)c2cccs2)CC1. The predicted molar refractivity (Wildman–Crippen MR) is 104 cm³/mol. The molecule has 0 atom stereocenters. The summed E-state index contributed by atoms with van der Waals surface area (Å²) in [7, 11) is -3.42. The Hall–Kier alpha value is -1.41. The summed E-state index contributed by atoms with van der Waals surface area (Å²) in [6.45, 7) is 1.28. The van der Waals surface area contributed by atoms with Crippen LogP contribution in [0.3, 0.4) is 0 Å². The van der Waals surface area contributed by atoms with Crippen LogP contribution < -0.4 is 5.32 Å². The fourth-order valence-electron chi connectivity index (χ4n) is 3.06. The number of hydrogen-bond acceptors (Lipinski definition) is 4. The zero-order valence-corrected chi connectivity index (χ0v) is 16.6. The molecule has 3 rings (SSSR count). The van der Waals surface area contributed by atoms with E-state index in [0.29, 0.717) is 48.1 Å². The fourth-order valence-corrected chi connectivity index (χ4v) is 5.91. The molecule has 1 aromatic heterocycles. The fraction of sp³-hybridized carbons (Fsp3) is 0.389. The second kappa shape index (κ2) is 8.52. The maximum Gasteiger partial charge on any atom is 0.252 e. The summed E-state index contributed by atoms with van der Waals surface area (Å²) in [5.41, 5.74) is 1.01. The van der Waals surface area contributed by atoms with Crippen molar-refractivity contribution < 1.29 is 13.2 Å². The van der Waals surface area contributed by atoms with Crippen molar-refractivity contribution in [2.45, 2.75) is 23.5 Å². The van der Waals surface area contributed by atoms with Crippen LogP contribution in [0.15, 0.2) is 46.0 Å². The zero-order chi connectivity index (χ0) is 18.6. The van der Waals surface area contributed by atoms with Crippen LogP contribution in [0.25, 0.3) is 0 Å². The molecule has 0 aliphatic carbocycles. The van der Waals surface area contributed by atoms with Gasteiger partial charge < -0.3 is 5.32 Å². The van der Waals surface area contributed by atoms with E-state index < -0.39 is 10.0 Å². The van der Waals surface area contributed by atoms with Gasteiger partial charge in [-0.05, 0) is 42.3 Å². The lowest BCUT2D eigenvalue weighted by Crippen LogP contribution is -2.43. The standard InChI is InChI=1S/C18H21ClN2O3S2/c19-16-5-2-1-4-14(16)7-10-20-18(22)15-8-11-21(12-9-15)26(23,24)17-6-3-13-25-17/h1-6,13,15H,7-12H2,(H,20,22). The minimum atomic E-state index is -3.42. The summed E-state index contributed by atoms with van der Waals surface area (Å²) < 4.78 is 26.9. The number of benzene rings is 1. The Morgan fingerprint density at radius 3 is 2.58 bits per heavy atom. The highest BCUT2D eigenvalue weighted by Crippen LogP contribution is 2.26. The number of piperidine rings is 1. The van der Waals surface area contributed by atoms with Gasteiger partial charge in [-0.25, -0.2) is 8.42 Å². The number of nitrogens with zero attached hydrogens (tertiary/aromatic N) is 1. The van der Waals surface area contributed by atoms with Gasteiger partial charge in [-0.3, -0.25) is 4.79 Å². The third-order valence-corrected chi connectivity index (χ3v) is 8.21. The van der Waals surface area contributed by atoms with Crippen LogP contribution in [0.4, 0.5) is 0 Å². The molecule has 1 amide bonds. The van der Waals surface area contributed by atoms with Gasteiger partial charge >= 0.3 is 0 Å². The summed E-state index contributed by atoms with van der Waals surface area (Å²) >= 11 is 7.34. The molecule has 1 N–H and O–H groups in total. The Bertz CT molecular complexity index is 845. The molecule has 0 spiro atoms. The van der Waals surface area contributed by atoms with Crippen molar-refractivity contribution in [2.24, 2.45) is 5.92 Å². The van der Waals surface area contributed by atoms with Gasteiger partial charge in [-0.1, -0.05) is 35.9 Å². The first-order valence-corrected chi connectivity index (χ1v) is 11.2. The number of hydrogen-bond donors (Lipinski definition) is 1. The molecule has 2 heterocycles. The number of amides is 1. The number of rotatable bonds is 6. The number of sulfonamides is 1. The quantitative estimate of drug-likeness (QED) is 0.792. The van der Waals surface area contributed by atoms with Gasteiger partial charge in [0.05, 0.1) is 0 Å². The van der Waals surface area contributed by atoms with Gasteiger partial charge in [0.25, 0.3) is 10.0 Å². The number of nitrogens with one attached hydrogen (secondary N) is 1. The Balaban J connectivity index is 1.47. The molecule has 1 aliphatic heterocycles. The maximum atomic E-state index is 12.5. The van der Waals surface area contributed by atoms with Crippen LogP contribution in [0.1, 0.15) is 18.4 Å². The highest BCUT2D eigenvalue weighted by molar-refractivity contribution is 7.91. The normalized spacial score (nSPS) is 16.5. The van der Waals surface area contributed by atoms with Crippen LogP contribution in [0, 0.1) is 5.92 Å². The highest BCUT2D eigenvalue weighted by atomic mass is 35.5. The van der Waals surface area contributed by atoms with E-state index in [1.807, 2.05) is 24.3 Å². The summed E-state index contributed by atoms with van der Waals surface area (Å²) in [5.74, 6) is -0.152. The molecular formula is C18H21ClN2O3S2. The van der Waals surface area contributed by atoms with Gasteiger partial charge in [-0.2, -0.15) is 4.31 Å². The molecule has 140 valence electrons. The highest BCUT2D eigenvalue weighted by Gasteiger charge is 2.32. The van der Waals surface area contributed by atoms with Gasteiger partial charge in [0, 0.05) is 30.6 Å². The number of carbonyl (C=O) groups excluding carboxylic acids is 1. The number of halogens is 1. The predicted octanol–water partition coefficient (Wildman–Crippen LogP) is 3.16. The average Bonchev–Trinajstić information content (AvgIpc) is 3.19. The van der Waals surface area contributed by atoms with Crippen molar-refractivity contribution in [3.63, 3.8) is 0 Å². The molecule has 0 radical (unpaired) electrons. The van der Waals surface area contributed by atoms with Crippen LogP contribution >= 0.6 is 22.9 Å². The minimum absolute atomic E-state index is 0.00905. The minimum Gasteiger partial charge on any atom is -0.356 e. The van der Waals surface area contributed by atoms with Crippen molar-refractivity contribution >= 4 is 38.9 Å². The van der Waals surface area contributed by atoms with Gasteiger partial charge in [0.15, 0.2) is 0 Å². The van der Waals surface area contributed by atoms with E-state index in [-0.39, 0.29) is 11.8 Å². The van der Waals surface area contributed by atoms with Crippen molar-refractivity contribution in [1.29, 1.82) is 0 Å². The van der Waals surface area contributed by atoms with E-state index in [1.165, 1.54) is 15.6 Å². The molecule has 1 saturated heterocycles. The molecule has 5 nitrogen and oxygen atoms in total. The van der Waals surface area contributed by atoms with Crippen LogP contribution in [0.5, 0.6) is 0 Å². The van der Waals surface area contributed by atoms with E-state index in [0.717, 1.165) is 5.56 Å². The molecular weight excluding hydrogens is 392 g/mol. The largest absolute Gasteiger partial charge is 0.356 e.